The summed E-state index contributed by atoms with van der Waals surface area (Å²) < 4.78 is 6.56. The topological polar surface area (TPSA) is 70.9 Å². The first-order chi connectivity index (χ1) is 11.0. The number of hydrogen-bond donors (Lipinski definition) is 2. The molecule has 23 heavy (non-hydrogen) atoms. The van der Waals surface area contributed by atoms with Crippen molar-refractivity contribution in [2.24, 2.45) is 5.10 Å². The third-order valence-corrected chi connectivity index (χ3v) is 4.29. The maximum atomic E-state index is 11.7. The fourth-order valence-corrected chi connectivity index (χ4v) is 2.85. The molecule has 0 bridgehead atoms. The Morgan fingerprint density at radius 1 is 1.30 bits per heavy atom. The summed E-state index contributed by atoms with van der Waals surface area (Å²) in [4.78, 5) is 11.7. The third-order valence-electron chi connectivity index (χ3n) is 2.65. The number of phenols is 1. The number of nitrogens with zero attached hydrogens (tertiary/aromatic N) is 1. The van der Waals surface area contributed by atoms with Crippen LogP contribution in [0.5, 0.6) is 11.5 Å². The molecule has 0 aliphatic rings. The van der Waals surface area contributed by atoms with Crippen molar-refractivity contribution in [2.45, 2.75) is 0 Å². The Bertz CT molecular complexity index is 753. The summed E-state index contributed by atoms with van der Waals surface area (Å²) in [6, 6.07) is 10.0. The lowest BCUT2D eigenvalue weighted by molar-refractivity contribution is -0.123. The van der Waals surface area contributed by atoms with Gasteiger partial charge in [-0.15, -0.1) is 0 Å². The fraction of sp³-hybridized carbons (Fsp3) is 0.0667. The molecular weight excluding hydrogens is 451 g/mol. The van der Waals surface area contributed by atoms with Crippen LogP contribution in [0.25, 0.3) is 0 Å². The number of phenolic OH excluding ortho intramolecular Hbond substituents is 1. The number of ether oxygens (including phenoxy) is 1. The largest absolute Gasteiger partial charge is 0.507 e. The number of carbonyl (C=O) groups excluding carboxylic acids is 1. The van der Waals surface area contributed by atoms with Crippen molar-refractivity contribution in [3.8, 4) is 11.5 Å². The van der Waals surface area contributed by atoms with Crippen molar-refractivity contribution in [3.05, 3.63) is 55.9 Å². The van der Waals surface area contributed by atoms with E-state index in [2.05, 4.69) is 42.4 Å². The van der Waals surface area contributed by atoms with Crippen LogP contribution >= 0.6 is 43.5 Å². The summed E-state index contributed by atoms with van der Waals surface area (Å²) in [5, 5.41) is 13.9. The molecule has 0 aliphatic heterocycles. The van der Waals surface area contributed by atoms with E-state index in [0.29, 0.717) is 25.3 Å². The molecule has 0 radical (unpaired) electrons. The molecule has 0 heterocycles. The minimum absolute atomic E-state index is 0.0722. The van der Waals surface area contributed by atoms with E-state index in [1.165, 1.54) is 12.3 Å². The van der Waals surface area contributed by atoms with Crippen LogP contribution in [0.2, 0.25) is 5.02 Å². The third kappa shape index (κ3) is 5.23. The number of rotatable bonds is 5. The number of amides is 1. The number of halogens is 3. The Balaban J connectivity index is 1.89. The summed E-state index contributed by atoms with van der Waals surface area (Å²) in [6.45, 7) is -0.214. The van der Waals surface area contributed by atoms with E-state index >= 15 is 0 Å². The first-order valence-corrected chi connectivity index (χ1v) is 8.31. The van der Waals surface area contributed by atoms with Crippen LogP contribution in [0.1, 0.15) is 5.56 Å². The Kier molecular flexibility index (Phi) is 6.44. The van der Waals surface area contributed by atoms with Crippen molar-refractivity contribution >= 4 is 55.6 Å². The second-order valence-electron chi connectivity index (χ2n) is 4.34. The molecule has 0 atom stereocenters. The zero-order valence-electron chi connectivity index (χ0n) is 11.6. The number of benzene rings is 2. The molecular formula is C15H11Br2ClN2O3. The molecule has 0 unspecified atom stereocenters. The molecule has 2 rings (SSSR count). The van der Waals surface area contributed by atoms with Crippen LogP contribution in [-0.4, -0.2) is 23.8 Å². The molecule has 2 aromatic carbocycles. The Morgan fingerprint density at radius 2 is 2.04 bits per heavy atom. The maximum Gasteiger partial charge on any atom is 0.277 e. The Morgan fingerprint density at radius 3 is 2.78 bits per heavy atom. The average Bonchev–Trinajstić information content (AvgIpc) is 2.51. The second-order valence-corrected chi connectivity index (χ2v) is 6.45. The summed E-state index contributed by atoms with van der Waals surface area (Å²) in [5.41, 5.74) is 2.94. The monoisotopic (exact) mass is 460 g/mol. The molecule has 0 saturated carbocycles. The quantitative estimate of drug-likeness (QED) is 0.519. The SMILES string of the molecule is O=C(COc1ccccc1Cl)N/N=C\c1cc(O)c(Br)cc1Br. The summed E-state index contributed by atoms with van der Waals surface area (Å²) >= 11 is 12.4. The van der Waals surface area contributed by atoms with Crippen LogP contribution in [0, 0.1) is 0 Å². The summed E-state index contributed by atoms with van der Waals surface area (Å²) in [7, 11) is 0. The van der Waals surface area contributed by atoms with E-state index in [9.17, 15) is 9.90 Å². The van der Waals surface area contributed by atoms with Crippen LogP contribution in [-0.2, 0) is 4.79 Å². The molecule has 0 spiro atoms. The normalized spacial score (nSPS) is 10.7. The smallest absolute Gasteiger partial charge is 0.277 e. The fourth-order valence-electron chi connectivity index (χ4n) is 1.56. The minimum Gasteiger partial charge on any atom is -0.507 e. The van der Waals surface area contributed by atoms with Gasteiger partial charge in [0.2, 0.25) is 0 Å². The molecule has 1 amide bonds. The van der Waals surface area contributed by atoms with Crippen molar-refractivity contribution in [2.75, 3.05) is 6.61 Å². The zero-order valence-corrected chi connectivity index (χ0v) is 15.5. The van der Waals surface area contributed by atoms with Crippen LogP contribution < -0.4 is 10.2 Å². The van der Waals surface area contributed by atoms with Gasteiger partial charge in [-0.2, -0.15) is 5.10 Å². The highest BCUT2D eigenvalue weighted by Gasteiger charge is 2.06. The van der Waals surface area contributed by atoms with E-state index in [1.807, 2.05) is 0 Å². The number of nitrogens with one attached hydrogen (secondary N) is 1. The van der Waals surface area contributed by atoms with Crippen LogP contribution in [0.3, 0.4) is 0 Å². The molecule has 0 aromatic heterocycles. The highest BCUT2D eigenvalue weighted by atomic mass is 79.9. The maximum absolute atomic E-state index is 11.7. The molecule has 2 N–H and O–H groups in total. The average molecular weight is 463 g/mol. The van der Waals surface area contributed by atoms with Gasteiger partial charge in [0.1, 0.15) is 11.5 Å². The predicted octanol–water partition coefficient (Wildman–Crippen LogP) is 4.10. The van der Waals surface area contributed by atoms with Gasteiger partial charge in [0.15, 0.2) is 6.61 Å². The minimum atomic E-state index is -0.432. The van der Waals surface area contributed by atoms with E-state index in [-0.39, 0.29) is 12.4 Å². The standard InChI is InChI=1S/C15H11Br2ClN2O3/c16-10-6-11(17)13(21)5-9(10)7-19-20-15(22)8-23-14-4-2-1-3-12(14)18/h1-7,21H,8H2,(H,20,22)/b19-7-. The van der Waals surface area contributed by atoms with E-state index in [4.69, 9.17) is 16.3 Å². The van der Waals surface area contributed by atoms with Crippen LogP contribution in [0.4, 0.5) is 0 Å². The Hall–Kier alpha value is -1.57. The van der Waals surface area contributed by atoms with Gasteiger partial charge in [-0.25, -0.2) is 5.43 Å². The number of hydrogen-bond acceptors (Lipinski definition) is 4. The van der Waals surface area contributed by atoms with Gasteiger partial charge in [0, 0.05) is 10.0 Å². The van der Waals surface area contributed by atoms with E-state index in [0.717, 1.165) is 0 Å². The summed E-state index contributed by atoms with van der Waals surface area (Å²) in [5.74, 6) is 0.0653. The van der Waals surface area contributed by atoms with Gasteiger partial charge in [0.25, 0.3) is 5.91 Å². The first-order valence-electron chi connectivity index (χ1n) is 6.34. The second kappa shape index (κ2) is 8.33. The van der Waals surface area contributed by atoms with Gasteiger partial charge >= 0.3 is 0 Å². The van der Waals surface area contributed by atoms with E-state index in [1.54, 1.807) is 30.3 Å². The van der Waals surface area contributed by atoms with Gasteiger partial charge in [-0.3, -0.25) is 4.79 Å². The lowest BCUT2D eigenvalue weighted by atomic mass is 10.2. The lowest BCUT2D eigenvalue weighted by Crippen LogP contribution is -2.24. The molecule has 0 saturated heterocycles. The predicted molar refractivity (Wildman–Crippen MR) is 96.2 cm³/mol. The van der Waals surface area contributed by atoms with Gasteiger partial charge in [-0.05, 0) is 40.2 Å². The molecule has 5 nitrogen and oxygen atoms in total. The number of carbonyl (C=O) groups is 1. The molecule has 0 aliphatic carbocycles. The number of aromatic hydroxyl groups is 1. The first kappa shape index (κ1) is 17.8. The highest BCUT2D eigenvalue weighted by molar-refractivity contribution is 9.11. The van der Waals surface area contributed by atoms with Gasteiger partial charge < -0.3 is 9.84 Å². The molecule has 0 fully saturated rings. The molecule has 8 heteroatoms. The molecule has 2 aromatic rings. The van der Waals surface area contributed by atoms with Crippen molar-refractivity contribution in [1.82, 2.24) is 5.43 Å². The van der Waals surface area contributed by atoms with Crippen molar-refractivity contribution in [3.63, 3.8) is 0 Å². The molecule has 120 valence electrons. The van der Waals surface area contributed by atoms with Gasteiger partial charge in [-0.1, -0.05) is 39.7 Å². The zero-order chi connectivity index (χ0) is 16.8. The number of para-hydroxylation sites is 1. The van der Waals surface area contributed by atoms with Crippen molar-refractivity contribution < 1.29 is 14.6 Å². The highest BCUT2D eigenvalue weighted by Crippen LogP contribution is 2.29. The van der Waals surface area contributed by atoms with Gasteiger partial charge in [0.05, 0.1) is 15.7 Å². The summed E-state index contributed by atoms with van der Waals surface area (Å²) in [6.07, 6.45) is 1.41. The Labute approximate surface area is 154 Å². The van der Waals surface area contributed by atoms with Crippen LogP contribution in [0.15, 0.2) is 50.4 Å². The lowest BCUT2D eigenvalue weighted by Gasteiger charge is -2.06. The number of hydrazone groups is 1. The van der Waals surface area contributed by atoms with Crippen molar-refractivity contribution in [1.29, 1.82) is 0 Å². The van der Waals surface area contributed by atoms with E-state index < -0.39 is 5.91 Å².